The summed E-state index contributed by atoms with van der Waals surface area (Å²) in [6.07, 6.45) is 8.64. The maximum Gasteiger partial charge on any atom is 0.253 e. The number of carbonyl (C=O) groups excluding carboxylic acids is 1. The van der Waals surface area contributed by atoms with Gasteiger partial charge in [-0.1, -0.05) is 25.5 Å². The summed E-state index contributed by atoms with van der Waals surface area (Å²) in [5.74, 6) is 2.30. The zero-order valence-electron chi connectivity index (χ0n) is 21.7. The monoisotopic (exact) mass is 473 g/mol. The Morgan fingerprint density at radius 3 is 2.63 bits per heavy atom. The first-order valence-corrected chi connectivity index (χ1v) is 13.3. The van der Waals surface area contributed by atoms with Crippen LogP contribution < -0.4 is 0 Å². The van der Waals surface area contributed by atoms with E-state index >= 15 is 0 Å². The van der Waals surface area contributed by atoms with E-state index in [1.165, 1.54) is 16.9 Å². The Morgan fingerprint density at radius 1 is 1.06 bits per heavy atom. The molecule has 1 unspecified atom stereocenters. The number of nitrogens with zero attached hydrogens (tertiary/aromatic N) is 3. The molecular formula is C30H39N3O2. The topological polar surface area (TPSA) is 45.7 Å². The normalized spacial score (nSPS) is 26.7. The van der Waals surface area contributed by atoms with Crippen LogP contribution >= 0.6 is 0 Å². The Bertz CT molecular complexity index is 1150. The molecule has 1 aromatic carbocycles. The number of carbonyl (C=O) groups is 1. The highest BCUT2D eigenvalue weighted by atomic mass is 16.5. The summed E-state index contributed by atoms with van der Waals surface area (Å²) >= 11 is 0. The first-order valence-electron chi connectivity index (χ1n) is 13.3. The smallest absolute Gasteiger partial charge is 0.253 e. The highest BCUT2D eigenvalue weighted by Gasteiger charge is 2.34. The van der Waals surface area contributed by atoms with Crippen LogP contribution in [0.4, 0.5) is 0 Å². The van der Waals surface area contributed by atoms with E-state index in [2.05, 4.69) is 43.7 Å². The largest absolute Gasteiger partial charge is 0.494 e. The van der Waals surface area contributed by atoms with Crippen molar-refractivity contribution in [3.05, 3.63) is 65.1 Å². The molecule has 0 bridgehead atoms. The molecule has 0 spiro atoms. The maximum atomic E-state index is 13.1. The third kappa shape index (κ3) is 5.16. The van der Waals surface area contributed by atoms with Gasteiger partial charge in [-0.05, 0) is 75.4 Å². The van der Waals surface area contributed by atoms with Crippen LogP contribution in [0.5, 0.6) is 0 Å². The number of hydrogen-bond acceptors (Lipinski definition) is 4. The van der Waals surface area contributed by atoms with Gasteiger partial charge in [0.15, 0.2) is 0 Å². The van der Waals surface area contributed by atoms with Crippen molar-refractivity contribution in [1.82, 2.24) is 14.8 Å². The minimum atomic E-state index is 0.143. The number of likely N-dealkylation sites (tertiary alicyclic amines) is 2. The molecule has 0 saturated carbocycles. The van der Waals surface area contributed by atoms with Crippen LogP contribution in [0.15, 0.2) is 59.5 Å². The lowest BCUT2D eigenvalue weighted by Gasteiger charge is -2.44. The zero-order chi connectivity index (χ0) is 24.5. The van der Waals surface area contributed by atoms with E-state index < -0.39 is 0 Å². The molecule has 1 aliphatic carbocycles. The Morgan fingerprint density at radius 2 is 1.86 bits per heavy atom. The summed E-state index contributed by atoms with van der Waals surface area (Å²) in [5, 5.41) is 1.02. The van der Waals surface area contributed by atoms with E-state index in [-0.39, 0.29) is 5.91 Å². The highest BCUT2D eigenvalue weighted by Crippen LogP contribution is 2.33. The Kier molecular flexibility index (Phi) is 6.97. The van der Waals surface area contributed by atoms with Crippen LogP contribution in [0, 0.1) is 11.8 Å². The van der Waals surface area contributed by atoms with Crippen LogP contribution in [0.2, 0.25) is 0 Å². The third-order valence-electron chi connectivity index (χ3n) is 8.39. The molecule has 5 nitrogen and oxygen atoms in total. The summed E-state index contributed by atoms with van der Waals surface area (Å²) < 4.78 is 6.58. The number of pyridine rings is 1. The number of aromatic nitrogens is 1. The van der Waals surface area contributed by atoms with Gasteiger partial charge in [-0.25, -0.2) is 0 Å². The standard InChI is InChI=1S/C30H39N3O2/c1-20-16-22(3)29(17-21(20)2)35-28-11-15-33(19-23(28)4)26-9-13-32(14-10-26)30(34)25-7-8-27-24(18-25)6-5-12-31-27/h5-8,12,17-18,22-23,26,28H,9-11,13-16,19H2,1-4H3/t22?,23-,28+/m0/s1. The number of fused-ring (bicyclic) bond motifs is 1. The van der Waals surface area contributed by atoms with Gasteiger partial charge in [0.05, 0.1) is 11.3 Å². The van der Waals surface area contributed by atoms with Crippen LogP contribution in [0.3, 0.4) is 0 Å². The van der Waals surface area contributed by atoms with Crippen molar-refractivity contribution in [2.75, 3.05) is 26.2 Å². The van der Waals surface area contributed by atoms with E-state index in [9.17, 15) is 4.79 Å². The number of amides is 1. The second kappa shape index (κ2) is 10.1. The van der Waals surface area contributed by atoms with Crippen molar-refractivity contribution >= 4 is 16.8 Å². The van der Waals surface area contributed by atoms with Crippen LogP contribution in [-0.4, -0.2) is 59.0 Å². The summed E-state index contributed by atoms with van der Waals surface area (Å²) in [5.41, 5.74) is 4.54. The molecule has 1 amide bonds. The van der Waals surface area contributed by atoms with E-state index in [0.29, 0.717) is 24.0 Å². The molecule has 3 atom stereocenters. The molecule has 2 aromatic rings. The van der Waals surface area contributed by atoms with E-state index in [1.54, 1.807) is 6.20 Å². The van der Waals surface area contributed by atoms with Gasteiger partial charge in [-0.15, -0.1) is 0 Å². The van der Waals surface area contributed by atoms with E-state index in [1.807, 2.05) is 35.2 Å². The van der Waals surface area contributed by atoms with Gasteiger partial charge in [-0.2, -0.15) is 0 Å². The zero-order valence-corrected chi connectivity index (χ0v) is 21.7. The van der Waals surface area contributed by atoms with Gasteiger partial charge in [-0.3, -0.25) is 14.7 Å². The highest BCUT2D eigenvalue weighted by molar-refractivity contribution is 5.98. The molecule has 186 valence electrons. The molecule has 3 heterocycles. The SMILES string of the molecule is CC1=C(C)CC(C)C(O[C@@H]2CCN(C3CCN(C(=O)c4ccc5ncccc5c4)CC3)C[C@@H]2C)=C1. The number of benzene rings is 1. The Labute approximate surface area is 209 Å². The van der Waals surface area contributed by atoms with Crippen LogP contribution in [-0.2, 0) is 4.74 Å². The first kappa shape index (κ1) is 24.1. The van der Waals surface area contributed by atoms with Crippen molar-refractivity contribution in [3.8, 4) is 0 Å². The molecule has 0 radical (unpaired) electrons. The molecule has 2 saturated heterocycles. The van der Waals surface area contributed by atoms with Crippen LogP contribution in [0.1, 0.15) is 63.7 Å². The van der Waals surface area contributed by atoms with Crippen molar-refractivity contribution in [3.63, 3.8) is 0 Å². The molecule has 1 aromatic heterocycles. The minimum Gasteiger partial charge on any atom is -0.494 e. The molecule has 0 N–H and O–H groups in total. The van der Waals surface area contributed by atoms with Gasteiger partial charge >= 0.3 is 0 Å². The fraction of sp³-hybridized carbons (Fsp3) is 0.533. The van der Waals surface area contributed by atoms with E-state index in [4.69, 9.17) is 4.74 Å². The lowest BCUT2D eigenvalue weighted by atomic mass is 9.89. The lowest BCUT2D eigenvalue weighted by Crippen LogP contribution is -2.52. The molecule has 35 heavy (non-hydrogen) atoms. The molecular weight excluding hydrogens is 434 g/mol. The summed E-state index contributed by atoms with van der Waals surface area (Å²) in [7, 11) is 0. The van der Waals surface area contributed by atoms with Crippen molar-refractivity contribution in [1.29, 1.82) is 0 Å². The predicted molar refractivity (Wildman–Crippen MR) is 141 cm³/mol. The fourth-order valence-electron chi connectivity index (χ4n) is 6.01. The fourth-order valence-corrected chi connectivity index (χ4v) is 6.01. The van der Waals surface area contributed by atoms with E-state index in [0.717, 1.165) is 68.3 Å². The average Bonchev–Trinajstić information content (AvgIpc) is 2.87. The Balaban J connectivity index is 1.14. The van der Waals surface area contributed by atoms with Crippen molar-refractivity contribution < 1.29 is 9.53 Å². The molecule has 2 aliphatic heterocycles. The number of allylic oxidation sites excluding steroid dienone is 4. The molecule has 3 aliphatic rings. The number of piperidine rings is 2. The van der Waals surface area contributed by atoms with Gasteiger partial charge in [0.1, 0.15) is 6.10 Å². The third-order valence-corrected chi connectivity index (χ3v) is 8.39. The molecule has 5 heteroatoms. The quantitative estimate of drug-likeness (QED) is 0.561. The van der Waals surface area contributed by atoms with Crippen LogP contribution in [0.25, 0.3) is 10.9 Å². The summed E-state index contributed by atoms with van der Waals surface area (Å²) in [6.45, 7) is 12.9. The van der Waals surface area contributed by atoms with Crippen molar-refractivity contribution in [2.45, 2.75) is 65.5 Å². The summed E-state index contributed by atoms with van der Waals surface area (Å²) in [6, 6.07) is 10.3. The second-order valence-corrected chi connectivity index (χ2v) is 11.0. The van der Waals surface area contributed by atoms with Gasteiger partial charge in [0, 0.05) is 61.2 Å². The summed E-state index contributed by atoms with van der Waals surface area (Å²) in [4.78, 5) is 22.2. The van der Waals surface area contributed by atoms with Gasteiger partial charge < -0.3 is 9.64 Å². The van der Waals surface area contributed by atoms with Gasteiger partial charge in [0.25, 0.3) is 5.91 Å². The molecule has 2 fully saturated rings. The average molecular weight is 474 g/mol. The number of ether oxygens (including phenoxy) is 1. The number of hydrogen-bond donors (Lipinski definition) is 0. The molecule has 5 rings (SSSR count). The Hall–Kier alpha value is -2.66. The predicted octanol–water partition coefficient (Wildman–Crippen LogP) is 5.83. The van der Waals surface area contributed by atoms with Crippen molar-refractivity contribution in [2.24, 2.45) is 11.8 Å². The number of rotatable bonds is 4. The lowest BCUT2D eigenvalue weighted by molar-refractivity contribution is -0.0211. The first-order chi connectivity index (χ1) is 16.9. The second-order valence-electron chi connectivity index (χ2n) is 11.0. The van der Waals surface area contributed by atoms with Gasteiger partial charge in [0.2, 0.25) is 0 Å². The minimum absolute atomic E-state index is 0.143. The maximum absolute atomic E-state index is 13.1.